The summed E-state index contributed by atoms with van der Waals surface area (Å²) in [6, 6.07) is 2.15. The van der Waals surface area contributed by atoms with Gasteiger partial charge in [0, 0.05) is 18.1 Å². The minimum atomic E-state index is 0.492. The number of unbranched alkanes of at least 4 members (excludes halogenated alkanes) is 9. The molecule has 2 nitrogen and oxygen atoms in total. The summed E-state index contributed by atoms with van der Waals surface area (Å²) >= 11 is 0. The molecule has 21 heavy (non-hydrogen) atoms. The van der Waals surface area contributed by atoms with Crippen molar-refractivity contribution in [3.8, 4) is 0 Å². The van der Waals surface area contributed by atoms with Gasteiger partial charge in [-0.05, 0) is 38.6 Å². The van der Waals surface area contributed by atoms with Crippen LogP contribution in [0.2, 0.25) is 0 Å². The van der Waals surface area contributed by atoms with E-state index in [4.69, 9.17) is 5.73 Å². The highest BCUT2D eigenvalue weighted by Crippen LogP contribution is 2.35. The molecule has 0 saturated carbocycles. The summed E-state index contributed by atoms with van der Waals surface area (Å²) < 4.78 is 0. The van der Waals surface area contributed by atoms with E-state index in [2.05, 4.69) is 11.8 Å². The third kappa shape index (κ3) is 5.90. The number of nitrogens with zero attached hydrogens (tertiary/aromatic N) is 1. The molecular formula is C19H38N2. The second-order valence-electron chi connectivity index (χ2n) is 7.54. The molecule has 2 rings (SSSR count). The van der Waals surface area contributed by atoms with Crippen LogP contribution in [0.4, 0.5) is 0 Å². The van der Waals surface area contributed by atoms with Crippen molar-refractivity contribution < 1.29 is 0 Å². The van der Waals surface area contributed by atoms with Crippen LogP contribution in [0.5, 0.6) is 0 Å². The zero-order valence-electron chi connectivity index (χ0n) is 14.4. The van der Waals surface area contributed by atoms with Crippen LogP contribution in [0.15, 0.2) is 0 Å². The van der Waals surface area contributed by atoms with Crippen molar-refractivity contribution >= 4 is 0 Å². The predicted octanol–water partition coefficient (Wildman–Crippen LogP) is 4.86. The third-order valence-electron chi connectivity index (χ3n) is 5.69. The van der Waals surface area contributed by atoms with Crippen LogP contribution in [0.1, 0.15) is 96.8 Å². The van der Waals surface area contributed by atoms with Crippen LogP contribution >= 0.6 is 0 Å². The topological polar surface area (TPSA) is 29.3 Å². The minimum Gasteiger partial charge on any atom is -0.328 e. The van der Waals surface area contributed by atoms with Crippen molar-refractivity contribution in [3.05, 3.63) is 0 Å². The molecule has 0 radical (unpaired) electrons. The molecule has 2 atom stereocenters. The summed E-state index contributed by atoms with van der Waals surface area (Å²) in [7, 11) is 0. The molecule has 2 saturated heterocycles. The Balaban J connectivity index is 1.42. The van der Waals surface area contributed by atoms with E-state index in [0.29, 0.717) is 6.04 Å². The number of piperidine rings is 1. The monoisotopic (exact) mass is 294 g/mol. The van der Waals surface area contributed by atoms with E-state index < -0.39 is 0 Å². The zero-order valence-corrected chi connectivity index (χ0v) is 14.4. The largest absolute Gasteiger partial charge is 0.328 e. The Bertz CT molecular complexity index is 252. The van der Waals surface area contributed by atoms with Gasteiger partial charge < -0.3 is 5.73 Å². The molecule has 2 aliphatic heterocycles. The Kier molecular flexibility index (Phi) is 8.10. The van der Waals surface area contributed by atoms with Crippen LogP contribution < -0.4 is 5.73 Å². The zero-order chi connectivity index (χ0) is 14.9. The molecule has 0 amide bonds. The summed E-state index contributed by atoms with van der Waals surface area (Å²) in [5.74, 6) is 0. The molecule has 2 aliphatic rings. The lowest BCUT2D eigenvalue weighted by Gasteiger charge is -2.37. The van der Waals surface area contributed by atoms with Crippen LogP contribution in [0, 0.1) is 0 Å². The Hall–Kier alpha value is -0.0800. The molecule has 2 fully saturated rings. The fraction of sp³-hybridized carbons (Fsp3) is 1.00. The molecule has 0 aliphatic carbocycles. The quantitative estimate of drug-likeness (QED) is 0.551. The van der Waals surface area contributed by atoms with Crippen LogP contribution in [0.25, 0.3) is 0 Å². The summed E-state index contributed by atoms with van der Waals surface area (Å²) in [6.45, 7) is 3.64. The molecule has 2 bridgehead atoms. The van der Waals surface area contributed by atoms with Crippen molar-refractivity contribution in [1.82, 2.24) is 4.90 Å². The molecule has 0 aromatic carbocycles. The molecule has 0 aromatic rings. The maximum atomic E-state index is 6.14. The first-order chi connectivity index (χ1) is 10.3. The van der Waals surface area contributed by atoms with E-state index >= 15 is 0 Å². The smallest absolute Gasteiger partial charge is 0.0113 e. The number of rotatable bonds is 11. The van der Waals surface area contributed by atoms with Crippen molar-refractivity contribution in [2.75, 3.05) is 6.54 Å². The van der Waals surface area contributed by atoms with Crippen LogP contribution in [0.3, 0.4) is 0 Å². The first kappa shape index (κ1) is 17.3. The summed E-state index contributed by atoms with van der Waals surface area (Å²) in [5, 5.41) is 0. The van der Waals surface area contributed by atoms with E-state index in [9.17, 15) is 0 Å². The van der Waals surface area contributed by atoms with Gasteiger partial charge in [-0.1, -0.05) is 64.7 Å². The van der Waals surface area contributed by atoms with Gasteiger partial charge in [0.25, 0.3) is 0 Å². The molecular weight excluding hydrogens is 256 g/mol. The van der Waals surface area contributed by atoms with Gasteiger partial charge in [0.05, 0.1) is 0 Å². The Morgan fingerprint density at radius 3 is 1.76 bits per heavy atom. The number of hydrogen-bond acceptors (Lipinski definition) is 2. The van der Waals surface area contributed by atoms with Crippen molar-refractivity contribution in [2.24, 2.45) is 5.73 Å². The van der Waals surface area contributed by atoms with Crippen LogP contribution in [-0.4, -0.2) is 29.6 Å². The Labute approximate surface area is 132 Å². The fourth-order valence-electron chi connectivity index (χ4n) is 4.46. The van der Waals surface area contributed by atoms with Crippen molar-refractivity contribution in [2.45, 2.75) is 115 Å². The van der Waals surface area contributed by atoms with Gasteiger partial charge in [0.1, 0.15) is 0 Å². The summed E-state index contributed by atoms with van der Waals surface area (Å²) in [6.07, 6.45) is 19.8. The lowest BCUT2D eigenvalue weighted by Crippen LogP contribution is -2.47. The number of nitrogens with two attached hydrogens (primary N) is 1. The minimum absolute atomic E-state index is 0.492. The second kappa shape index (κ2) is 9.84. The third-order valence-corrected chi connectivity index (χ3v) is 5.69. The standard InChI is InChI=1S/C19H38N2/c1-2-3-4-5-6-7-8-9-10-11-14-21-18-12-13-19(21)16-17(20)15-18/h17-19H,2-16,20H2,1H3. The maximum absolute atomic E-state index is 6.14. The Morgan fingerprint density at radius 1 is 0.762 bits per heavy atom. The Morgan fingerprint density at radius 2 is 1.24 bits per heavy atom. The SMILES string of the molecule is CCCCCCCCCCCCN1C2CCC1CC(N)C2. The van der Waals surface area contributed by atoms with Gasteiger partial charge in [0.15, 0.2) is 0 Å². The highest BCUT2D eigenvalue weighted by atomic mass is 15.2. The molecule has 124 valence electrons. The lowest BCUT2D eigenvalue weighted by atomic mass is 9.97. The van der Waals surface area contributed by atoms with E-state index in [0.717, 1.165) is 12.1 Å². The lowest BCUT2D eigenvalue weighted by molar-refractivity contribution is 0.125. The van der Waals surface area contributed by atoms with Gasteiger partial charge in [-0.15, -0.1) is 0 Å². The molecule has 0 aromatic heterocycles. The van der Waals surface area contributed by atoms with E-state index in [1.807, 2.05) is 0 Å². The molecule has 2 heteroatoms. The second-order valence-corrected chi connectivity index (χ2v) is 7.54. The van der Waals surface area contributed by atoms with E-state index in [-0.39, 0.29) is 0 Å². The molecule has 0 spiro atoms. The average molecular weight is 295 g/mol. The molecule has 2 unspecified atom stereocenters. The van der Waals surface area contributed by atoms with Gasteiger partial charge in [-0.25, -0.2) is 0 Å². The first-order valence-electron chi connectivity index (χ1n) is 9.82. The molecule has 2 N–H and O–H groups in total. The fourth-order valence-corrected chi connectivity index (χ4v) is 4.46. The number of fused-ring (bicyclic) bond motifs is 2. The summed E-state index contributed by atoms with van der Waals surface area (Å²) in [4.78, 5) is 2.80. The molecule has 2 heterocycles. The van der Waals surface area contributed by atoms with Crippen molar-refractivity contribution in [3.63, 3.8) is 0 Å². The van der Waals surface area contributed by atoms with E-state index in [1.165, 1.54) is 96.4 Å². The highest BCUT2D eigenvalue weighted by Gasteiger charge is 2.38. The highest BCUT2D eigenvalue weighted by molar-refractivity contribution is 4.96. The average Bonchev–Trinajstić information content (AvgIpc) is 2.71. The van der Waals surface area contributed by atoms with Crippen molar-refractivity contribution in [1.29, 1.82) is 0 Å². The van der Waals surface area contributed by atoms with Gasteiger partial charge in [-0.2, -0.15) is 0 Å². The van der Waals surface area contributed by atoms with E-state index in [1.54, 1.807) is 0 Å². The van der Waals surface area contributed by atoms with Gasteiger partial charge in [0.2, 0.25) is 0 Å². The predicted molar refractivity (Wildman–Crippen MR) is 92.6 cm³/mol. The maximum Gasteiger partial charge on any atom is 0.0113 e. The van der Waals surface area contributed by atoms with Gasteiger partial charge in [-0.3, -0.25) is 4.90 Å². The van der Waals surface area contributed by atoms with Crippen LogP contribution in [-0.2, 0) is 0 Å². The normalized spacial score (nSPS) is 29.1. The first-order valence-corrected chi connectivity index (χ1v) is 9.82. The van der Waals surface area contributed by atoms with Gasteiger partial charge >= 0.3 is 0 Å². The number of hydrogen-bond donors (Lipinski definition) is 1. The summed E-state index contributed by atoms with van der Waals surface area (Å²) in [5.41, 5.74) is 6.14.